The molecular weight excluding hydrogens is 784 g/mol. The van der Waals surface area contributed by atoms with Crippen LogP contribution in [0.2, 0.25) is 0 Å². The molecule has 0 amide bonds. The molecule has 0 radical (unpaired) electrons. The Labute approximate surface area is 302 Å². The highest BCUT2D eigenvalue weighted by atomic mass is 19.4. The third-order valence-corrected chi connectivity index (χ3v) is 9.26. The van der Waals surface area contributed by atoms with Crippen molar-refractivity contribution in [3.8, 4) is 44.5 Å². The normalized spacial score (nSPS) is 13.0. The average Bonchev–Trinajstić information content (AvgIpc) is 3.10. The zero-order valence-electron chi connectivity index (χ0n) is 27.3. The summed E-state index contributed by atoms with van der Waals surface area (Å²) in [6.45, 7) is 0. The van der Waals surface area contributed by atoms with Gasteiger partial charge in [-0.1, -0.05) is 48.5 Å². The van der Waals surface area contributed by atoms with Crippen molar-refractivity contribution in [1.29, 1.82) is 0 Å². The largest absolute Gasteiger partial charge is 0.416 e. The second-order valence-electron chi connectivity index (χ2n) is 12.6. The van der Waals surface area contributed by atoms with Gasteiger partial charge in [0.15, 0.2) is 0 Å². The Morgan fingerprint density at radius 3 is 0.500 bits per heavy atom. The Bertz CT molecular complexity index is 2320. The van der Waals surface area contributed by atoms with Gasteiger partial charge in [0.2, 0.25) is 0 Å². The number of halogens is 16. The molecule has 0 bridgehead atoms. The van der Waals surface area contributed by atoms with Crippen molar-refractivity contribution in [3.63, 3.8) is 0 Å². The van der Waals surface area contributed by atoms with Gasteiger partial charge in [0.05, 0.1) is 22.3 Å². The van der Waals surface area contributed by atoms with Gasteiger partial charge in [0.1, 0.15) is 23.3 Å². The maximum absolute atomic E-state index is 16.9. The van der Waals surface area contributed by atoms with Crippen LogP contribution in [0.1, 0.15) is 22.3 Å². The smallest absolute Gasteiger partial charge is 0.206 e. The molecule has 288 valence electrons. The number of benzene rings is 6. The molecule has 6 aromatic rings. The first-order chi connectivity index (χ1) is 26.0. The summed E-state index contributed by atoms with van der Waals surface area (Å²) < 4.78 is 228. The van der Waals surface area contributed by atoms with Gasteiger partial charge in [-0.05, 0) is 70.8 Å². The third-order valence-electron chi connectivity index (χ3n) is 9.26. The molecule has 0 saturated carbocycles. The molecule has 0 aliphatic heterocycles. The standard InChI is InChI=1S/C40H16F16/c41-33-25(17-1-9-21(10-2-17)37(45,46)47)26(18-3-11-22(12-4-18)38(48,49)50)34(42)30-29(33)31-32(30)36(44)28(20-7-15-24(16-8-20)40(54,55)56)27(35(31)43)19-5-13-23(14-6-19)39(51,52)53/h1-16H. The molecule has 0 nitrogen and oxygen atoms in total. The first kappa shape index (κ1) is 38.5. The predicted octanol–water partition coefficient (Wildman–Crippen LogP) is 13.9. The summed E-state index contributed by atoms with van der Waals surface area (Å²) >= 11 is 0. The molecule has 7 rings (SSSR count). The van der Waals surface area contributed by atoms with Crippen LogP contribution in [-0.2, 0) is 24.7 Å². The van der Waals surface area contributed by atoms with E-state index in [0.717, 1.165) is 48.5 Å². The van der Waals surface area contributed by atoms with Gasteiger partial charge in [0, 0.05) is 43.1 Å². The topological polar surface area (TPSA) is 0 Å². The van der Waals surface area contributed by atoms with Crippen LogP contribution in [0, 0.1) is 44.1 Å². The minimum atomic E-state index is -4.89. The molecule has 0 N–H and O–H groups in total. The zero-order valence-corrected chi connectivity index (χ0v) is 27.3. The number of fused-ring (bicyclic) bond motifs is 2. The van der Waals surface area contributed by atoms with Crippen LogP contribution in [0.5, 0.6) is 0 Å². The fraction of sp³-hybridized carbons (Fsp3) is 0.100. The van der Waals surface area contributed by atoms with E-state index >= 15 is 17.6 Å². The summed E-state index contributed by atoms with van der Waals surface area (Å²) in [7, 11) is 0. The highest BCUT2D eigenvalue weighted by Crippen LogP contribution is 2.46. The monoisotopic (exact) mass is 800 g/mol. The van der Waals surface area contributed by atoms with Crippen molar-refractivity contribution in [2.24, 2.45) is 0 Å². The second-order valence-corrected chi connectivity index (χ2v) is 12.6. The number of alkyl halides is 12. The van der Waals surface area contributed by atoms with Gasteiger partial charge < -0.3 is 0 Å². The lowest BCUT2D eigenvalue weighted by Crippen LogP contribution is -2.11. The van der Waals surface area contributed by atoms with E-state index in [9.17, 15) is 52.7 Å². The van der Waals surface area contributed by atoms with E-state index in [1.165, 1.54) is 0 Å². The lowest BCUT2D eigenvalue weighted by Gasteiger charge is -2.22. The van der Waals surface area contributed by atoms with Crippen LogP contribution in [0.15, 0.2) is 97.1 Å². The molecule has 0 fully saturated rings. The van der Waals surface area contributed by atoms with Gasteiger partial charge in [-0.15, -0.1) is 0 Å². The summed E-state index contributed by atoms with van der Waals surface area (Å²) in [6.07, 6.45) is -19.6. The summed E-state index contributed by atoms with van der Waals surface area (Å²) in [5.74, 6) is -6.21. The van der Waals surface area contributed by atoms with E-state index in [0.29, 0.717) is 48.5 Å². The van der Waals surface area contributed by atoms with Gasteiger partial charge in [-0.3, -0.25) is 0 Å². The lowest BCUT2D eigenvalue weighted by molar-refractivity contribution is -0.138. The van der Waals surface area contributed by atoms with Crippen LogP contribution in [0.25, 0.3) is 44.5 Å². The van der Waals surface area contributed by atoms with Crippen molar-refractivity contribution in [1.82, 2.24) is 0 Å². The molecule has 0 spiro atoms. The van der Waals surface area contributed by atoms with Crippen LogP contribution in [-0.4, -0.2) is 0 Å². The van der Waals surface area contributed by atoms with E-state index in [-0.39, 0.29) is 0 Å². The highest BCUT2D eigenvalue weighted by molar-refractivity contribution is 5.87. The molecule has 0 aromatic heterocycles. The fourth-order valence-corrected chi connectivity index (χ4v) is 6.64. The fourth-order valence-electron chi connectivity index (χ4n) is 6.64. The van der Waals surface area contributed by atoms with Gasteiger partial charge in [-0.25, -0.2) is 17.6 Å². The van der Waals surface area contributed by atoms with Gasteiger partial charge in [-0.2, -0.15) is 52.7 Å². The second kappa shape index (κ2) is 12.9. The van der Waals surface area contributed by atoms with Gasteiger partial charge >= 0.3 is 24.7 Å². The van der Waals surface area contributed by atoms with Crippen LogP contribution >= 0.6 is 0 Å². The maximum Gasteiger partial charge on any atom is 0.416 e. The Hall–Kier alpha value is -5.80. The molecule has 0 saturated heterocycles. The van der Waals surface area contributed by atoms with Crippen molar-refractivity contribution in [2.45, 2.75) is 24.7 Å². The van der Waals surface area contributed by atoms with Gasteiger partial charge in [0.25, 0.3) is 0 Å². The first-order valence-electron chi connectivity index (χ1n) is 15.8. The SMILES string of the molecule is Fc1c(-c2ccc(C(F)(F)F)cc2)c(-c2ccc(C(F)(F)F)cc2)c(F)c2c1=c1c(F)c(-c3ccc(C(F)(F)F)cc3)c(-c3ccc(C(F)(F)F)cc3)c(F)c1=2. The minimum absolute atomic E-state index is 0.467. The molecule has 0 atom stereocenters. The van der Waals surface area contributed by atoms with E-state index < -0.39 is 136 Å². The summed E-state index contributed by atoms with van der Waals surface area (Å²) in [6, 6.07) is 9.73. The molecule has 56 heavy (non-hydrogen) atoms. The lowest BCUT2D eigenvalue weighted by atomic mass is 9.84. The molecule has 6 aromatic carbocycles. The quantitative estimate of drug-likeness (QED) is 0.156. The van der Waals surface area contributed by atoms with E-state index in [1.807, 2.05) is 0 Å². The Morgan fingerprint density at radius 1 is 0.232 bits per heavy atom. The van der Waals surface area contributed by atoms with Crippen molar-refractivity contribution in [2.75, 3.05) is 0 Å². The Morgan fingerprint density at radius 2 is 0.375 bits per heavy atom. The molecular formula is C40H16F16. The van der Waals surface area contributed by atoms with Crippen molar-refractivity contribution >= 4 is 0 Å². The Kier molecular flexibility index (Phi) is 8.85. The maximum atomic E-state index is 16.9. The molecule has 0 heterocycles. The average molecular weight is 801 g/mol. The number of rotatable bonds is 4. The summed E-state index contributed by atoms with van der Waals surface area (Å²) in [5, 5.41) is -3.86. The van der Waals surface area contributed by atoms with Crippen LogP contribution in [0.4, 0.5) is 70.2 Å². The summed E-state index contributed by atoms with van der Waals surface area (Å²) in [5.41, 5.74) is -10.2. The summed E-state index contributed by atoms with van der Waals surface area (Å²) in [4.78, 5) is 0. The molecule has 16 heteroatoms. The predicted molar refractivity (Wildman–Crippen MR) is 170 cm³/mol. The van der Waals surface area contributed by atoms with Crippen LogP contribution in [0.3, 0.4) is 0 Å². The van der Waals surface area contributed by atoms with Crippen molar-refractivity contribution in [3.05, 3.63) is 163 Å². The Balaban J connectivity index is 1.61. The third kappa shape index (κ3) is 6.33. The van der Waals surface area contributed by atoms with Crippen LogP contribution < -0.4 is 0 Å². The highest BCUT2D eigenvalue weighted by Gasteiger charge is 2.36. The molecule has 0 unspecified atom stereocenters. The van der Waals surface area contributed by atoms with E-state index in [2.05, 4.69) is 0 Å². The number of hydrogen-bond acceptors (Lipinski definition) is 0. The zero-order chi connectivity index (χ0) is 40.9. The number of hydrogen-bond donors (Lipinski definition) is 0. The van der Waals surface area contributed by atoms with E-state index in [4.69, 9.17) is 0 Å². The van der Waals surface area contributed by atoms with E-state index in [1.54, 1.807) is 0 Å². The molecule has 1 aliphatic carbocycles. The first-order valence-corrected chi connectivity index (χ1v) is 15.8. The minimum Gasteiger partial charge on any atom is -0.206 e. The van der Waals surface area contributed by atoms with Crippen molar-refractivity contribution < 1.29 is 70.2 Å². The molecule has 1 aliphatic rings.